The molecule has 6 nitrogen and oxygen atoms in total. The van der Waals surface area contributed by atoms with Gasteiger partial charge in [-0.3, -0.25) is 4.79 Å². The van der Waals surface area contributed by atoms with Gasteiger partial charge in [0.2, 0.25) is 5.91 Å². The normalized spacial score (nSPS) is 27.1. The average Bonchev–Trinajstić information content (AvgIpc) is 2.64. The molecule has 2 atom stereocenters. The zero-order chi connectivity index (χ0) is 18.1. The lowest BCUT2D eigenvalue weighted by Gasteiger charge is -2.39. The van der Waals surface area contributed by atoms with Crippen LogP contribution in [0.1, 0.15) is 67.2 Å². The molecule has 24 heavy (non-hydrogen) atoms. The highest BCUT2D eigenvalue weighted by Gasteiger charge is 2.44. The molecule has 0 spiro atoms. The second kappa shape index (κ2) is 6.90. The van der Waals surface area contributed by atoms with Crippen molar-refractivity contribution in [1.82, 2.24) is 15.5 Å². The first-order valence-electron chi connectivity index (χ1n) is 9.00. The van der Waals surface area contributed by atoms with Gasteiger partial charge in [-0.15, -0.1) is 0 Å². The summed E-state index contributed by atoms with van der Waals surface area (Å²) in [7, 11) is 0. The first kappa shape index (κ1) is 19.0. The van der Waals surface area contributed by atoms with Crippen molar-refractivity contribution in [3.63, 3.8) is 0 Å². The lowest BCUT2D eigenvalue weighted by Crippen LogP contribution is -2.54. The van der Waals surface area contributed by atoms with E-state index in [1.165, 1.54) is 0 Å². The van der Waals surface area contributed by atoms with Gasteiger partial charge >= 0.3 is 6.09 Å². The number of hydrogen-bond acceptors (Lipinski definition) is 4. The van der Waals surface area contributed by atoms with Crippen LogP contribution in [0.4, 0.5) is 4.79 Å². The third-order valence-corrected chi connectivity index (χ3v) is 4.40. The van der Waals surface area contributed by atoms with Gasteiger partial charge in [-0.1, -0.05) is 0 Å². The Hall–Kier alpha value is -1.30. The van der Waals surface area contributed by atoms with Crippen LogP contribution >= 0.6 is 0 Å². The molecular weight excluding hydrogens is 306 g/mol. The first-order chi connectivity index (χ1) is 10.9. The van der Waals surface area contributed by atoms with E-state index in [1.807, 2.05) is 46.4 Å². The Labute approximate surface area is 145 Å². The zero-order valence-electron chi connectivity index (χ0n) is 15.9. The van der Waals surface area contributed by atoms with Gasteiger partial charge in [0.15, 0.2) is 0 Å². The number of hydrogen-bond donors (Lipinski definition) is 2. The molecule has 2 bridgehead atoms. The fraction of sp³-hybridized carbons (Fsp3) is 0.889. The summed E-state index contributed by atoms with van der Waals surface area (Å²) in [6.07, 6.45) is 3.63. The molecule has 6 heteroatoms. The van der Waals surface area contributed by atoms with Crippen molar-refractivity contribution in [3.8, 4) is 0 Å². The summed E-state index contributed by atoms with van der Waals surface area (Å²) in [4.78, 5) is 26.3. The van der Waals surface area contributed by atoms with Crippen LogP contribution in [0.15, 0.2) is 0 Å². The van der Waals surface area contributed by atoms with Crippen LogP contribution in [0, 0.1) is 0 Å². The Morgan fingerprint density at radius 3 is 2.04 bits per heavy atom. The summed E-state index contributed by atoms with van der Waals surface area (Å²) in [5.41, 5.74) is -0.672. The Morgan fingerprint density at radius 2 is 1.58 bits per heavy atom. The maximum atomic E-state index is 12.4. The molecule has 2 rings (SSSR count). The molecule has 0 saturated carbocycles. The fourth-order valence-electron chi connectivity index (χ4n) is 3.66. The van der Waals surface area contributed by atoms with Gasteiger partial charge in [0, 0.05) is 23.7 Å². The number of carbonyl (C=O) groups excluding carboxylic acids is 2. The molecule has 2 unspecified atom stereocenters. The number of amides is 2. The summed E-state index contributed by atoms with van der Waals surface area (Å²) in [5, 5.41) is 6.33. The summed E-state index contributed by atoms with van der Waals surface area (Å²) in [6, 6.07) is 0.732. The number of nitrogens with one attached hydrogen (secondary N) is 2. The van der Waals surface area contributed by atoms with Gasteiger partial charge < -0.3 is 20.3 Å². The highest BCUT2D eigenvalue weighted by molar-refractivity contribution is 5.78. The molecule has 0 aliphatic carbocycles. The highest BCUT2D eigenvalue weighted by Crippen LogP contribution is 2.36. The van der Waals surface area contributed by atoms with Crippen LogP contribution in [-0.4, -0.2) is 52.7 Å². The standard InChI is InChI=1S/C18H33N3O3/c1-17(2,3)20-15(22)11-19-12-9-13-7-8-14(10-12)21(13)16(23)24-18(4,5)6/h12-14,19H,7-11H2,1-6H3,(H,20,22). The monoisotopic (exact) mass is 339 g/mol. The number of piperidine rings is 1. The topological polar surface area (TPSA) is 70.7 Å². The second-order valence-corrected chi connectivity index (χ2v) is 9.12. The first-order valence-corrected chi connectivity index (χ1v) is 9.00. The minimum atomic E-state index is -0.462. The summed E-state index contributed by atoms with van der Waals surface area (Å²) in [6.45, 7) is 12.0. The predicted octanol–water partition coefficient (Wildman–Crippen LogP) is 2.42. The zero-order valence-corrected chi connectivity index (χ0v) is 15.9. The van der Waals surface area contributed by atoms with E-state index in [9.17, 15) is 9.59 Å². The summed E-state index contributed by atoms with van der Waals surface area (Å²) in [5.74, 6) is 0.0180. The smallest absolute Gasteiger partial charge is 0.410 e. The lowest BCUT2D eigenvalue weighted by molar-refractivity contribution is -0.121. The third kappa shape index (κ3) is 5.36. The van der Waals surface area contributed by atoms with Gasteiger partial charge in [0.25, 0.3) is 0 Å². The van der Waals surface area contributed by atoms with Gasteiger partial charge in [0.1, 0.15) is 5.60 Å². The number of carbonyl (C=O) groups is 2. The van der Waals surface area contributed by atoms with E-state index in [-0.39, 0.29) is 35.7 Å². The van der Waals surface area contributed by atoms with Gasteiger partial charge in [-0.25, -0.2) is 4.79 Å². The number of rotatable bonds is 3. The maximum Gasteiger partial charge on any atom is 0.410 e. The fourth-order valence-corrected chi connectivity index (χ4v) is 3.66. The molecule has 0 aromatic rings. The van der Waals surface area contributed by atoms with Gasteiger partial charge in [0.05, 0.1) is 6.54 Å². The number of fused-ring (bicyclic) bond motifs is 2. The third-order valence-electron chi connectivity index (χ3n) is 4.40. The van der Waals surface area contributed by atoms with E-state index in [2.05, 4.69) is 10.6 Å². The van der Waals surface area contributed by atoms with E-state index in [4.69, 9.17) is 4.74 Å². The van der Waals surface area contributed by atoms with Crippen LogP contribution in [0.2, 0.25) is 0 Å². The van der Waals surface area contributed by atoms with Crippen molar-refractivity contribution in [1.29, 1.82) is 0 Å². The Bertz CT molecular complexity index is 465. The van der Waals surface area contributed by atoms with Crippen LogP contribution in [0.25, 0.3) is 0 Å². The molecule has 2 saturated heterocycles. The van der Waals surface area contributed by atoms with Crippen molar-refractivity contribution < 1.29 is 14.3 Å². The molecule has 0 radical (unpaired) electrons. The molecular formula is C18H33N3O3. The van der Waals surface area contributed by atoms with Gasteiger partial charge in [-0.05, 0) is 67.2 Å². The molecule has 2 fully saturated rings. The molecule has 0 aromatic carbocycles. The van der Waals surface area contributed by atoms with Crippen LogP contribution in [0.5, 0.6) is 0 Å². The van der Waals surface area contributed by atoms with E-state index in [0.29, 0.717) is 6.54 Å². The molecule has 2 amide bonds. The predicted molar refractivity (Wildman–Crippen MR) is 93.8 cm³/mol. The molecule has 2 aliphatic rings. The van der Waals surface area contributed by atoms with Crippen LogP contribution in [-0.2, 0) is 9.53 Å². The van der Waals surface area contributed by atoms with Crippen LogP contribution in [0.3, 0.4) is 0 Å². The molecule has 2 heterocycles. The Morgan fingerprint density at radius 1 is 1.04 bits per heavy atom. The molecule has 2 N–H and O–H groups in total. The second-order valence-electron chi connectivity index (χ2n) is 9.12. The van der Waals surface area contributed by atoms with Gasteiger partial charge in [-0.2, -0.15) is 0 Å². The average molecular weight is 339 g/mol. The lowest BCUT2D eigenvalue weighted by atomic mass is 9.97. The minimum absolute atomic E-state index is 0.0180. The van der Waals surface area contributed by atoms with Crippen molar-refractivity contribution >= 4 is 12.0 Å². The van der Waals surface area contributed by atoms with Crippen molar-refractivity contribution in [2.45, 2.75) is 96.5 Å². The summed E-state index contributed by atoms with van der Waals surface area (Å²) < 4.78 is 5.55. The highest BCUT2D eigenvalue weighted by atomic mass is 16.6. The van der Waals surface area contributed by atoms with Crippen molar-refractivity contribution in [2.24, 2.45) is 0 Å². The maximum absolute atomic E-state index is 12.4. The number of ether oxygens (including phenoxy) is 1. The minimum Gasteiger partial charge on any atom is -0.444 e. The molecule has 138 valence electrons. The van der Waals surface area contributed by atoms with E-state index in [0.717, 1.165) is 25.7 Å². The molecule has 0 aromatic heterocycles. The van der Waals surface area contributed by atoms with E-state index in [1.54, 1.807) is 0 Å². The summed E-state index contributed by atoms with van der Waals surface area (Å²) >= 11 is 0. The van der Waals surface area contributed by atoms with Crippen molar-refractivity contribution in [2.75, 3.05) is 6.54 Å². The number of nitrogens with zero attached hydrogens (tertiary/aromatic N) is 1. The van der Waals surface area contributed by atoms with Crippen LogP contribution < -0.4 is 10.6 Å². The Kier molecular flexibility index (Phi) is 5.47. The van der Waals surface area contributed by atoms with Crippen molar-refractivity contribution in [3.05, 3.63) is 0 Å². The van der Waals surface area contributed by atoms with E-state index < -0.39 is 5.60 Å². The Balaban J connectivity index is 1.84. The van der Waals surface area contributed by atoms with E-state index >= 15 is 0 Å². The quantitative estimate of drug-likeness (QED) is 0.828. The molecule has 2 aliphatic heterocycles. The largest absolute Gasteiger partial charge is 0.444 e. The SMILES string of the molecule is CC(C)(C)NC(=O)CNC1CC2CCC(C1)N2C(=O)OC(C)(C)C.